The molecule has 2 rings (SSSR count). The molecule has 1 aromatic carbocycles. The van der Waals surface area contributed by atoms with Crippen LogP contribution >= 0.6 is 27.3 Å². The molecule has 0 spiro atoms. The number of ether oxygens (including phenoxy) is 1. The monoisotopic (exact) mass is 254 g/mol. The average Bonchev–Trinajstić information content (AvgIpc) is 2.53. The highest BCUT2D eigenvalue weighted by Crippen LogP contribution is 2.28. The number of nitrogens with zero attached hydrogens (tertiary/aromatic N) is 1. The lowest BCUT2D eigenvalue weighted by Crippen LogP contribution is -1.80. The highest BCUT2D eigenvalue weighted by Gasteiger charge is 2.00. The SMILES string of the molecule is Brc1cnc(Oc2cc[c]cc2)s1. The number of halogens is 1. The van der Waals surface area contributed by atoms with Crippen molar-refractivity contribution in [1.29, 1.82) is 0 Å². The van der Waals surface area contributed by atoms with Crippen LogP contribution in [0.25, 0.3) is 0 Å². The van der Waals surface area contributed by atoms with Crippen molar-refractivity contribution in [3.63, 3.8) is 0 Å². The van der Waals surface area contributed by atoms with E-state index in [1.54, 1.807) is 18.3 Å². The van der Waals surface area contributed by atoms with Crippen LogP contribution in [0, 0.1) is 6.07 Å². The molecule has 4 heteroatoms. The molecule has 2 nitrogen and oxygen atoms in total. The second-order valence-electron chi connectivity index (χ2n) is 2.27. The molecule has 0 bridgehead atoms. The Hall–Kier alpha value is -0.870. The summed E-state index contributed by atoms with van der Waals surface area (Å²) < 4.78 is 6.42. The van der Waals surface area contributed by atoms with Gasteiger partial charge in [0.25, 0.3) is 5.19 Å². The molecule has 0 saturated carbocycles. The Bertz CT molecular complexity index is 388. The minimum Gasteiger partial charge on any atom is -0.431 e. The van der Waals surface area contributed by atoms with Gasteiger partial charge in [-0.3, -0.25) is 0 Å². The molecule has 13 heavy (non-hydrogen) atoms. The van der Waals surface area contributed by atoms with E-state index >= 15 is 0 Å². The maximum absolute atomic E-state index is 5.46. The third-order valence-electron chi connectivity index (χ3n) is 1.35. The Labute approximate surface area is 88.3 Å². The molecule has 1 aromatic heterocycles. The lowest BCUT2D eigenvalue weighted by molar-refractivity contribution is 0.479. The van der Waals surface area contributed by atoms with Gasteiger partial charge in [0, 0.05) is 0 Å². The van der Waals surface area contributed by atoms with E-state index in [0.717, 1.165) is 9.54 Å². The van der Waals surface area contributed by atoms with Crippen molar-refractivity contribution in [2.24, 2.45) is 0 Å². The van der Waals surface area contributed by atoms with Crippen LogP contribution in [0.4, 0.5) is 0 Å². The van der Waals surface area contributed by atoms with E-state index in [0.29, 0.717) is 5.19 Å². The van der Waals surface area contributed by atoms with Gasteiger partial charge in [0.2, 0.25) is 0 Å². The Morgan fingerprint density at radius 2 is 2.15 bits per heavy atom. The summed E-state index contributed by atoms with van der Waals surface area (Å²) in [4.78, 5) is 4.05. The van der Waals surface area contributed by atoms with Crippen molar-refractivity contribution in [2.45, 2.75) is 0 Å². The molecule has 0 saturated heterocycles. The molecule has 0 aliphatic rings. The molecule has 0 atom stereocenters. The first kappa shape index (κ1) is 8.72. The maximum Gasteiger partial charge on any atom is 0.279 e. The molecular weight excluding hydrogens is 250 g/mol. The molecule has 0 aliphatic heterocycles. The van der Waals surface area contributed by atoms with Gasteiger partial charge in [-0.15, -0.1) is 0 Å². The molecule has 0 N–H and O–H groups in total. The molecule has 0 unspecified atom stereocenters. The summed E-state index contributed by atoms with van der Waals surface area (Å²) in [5.41, 5.74) is 0. The molecular formula is C9H5BrNOS. The fourth-order valence-electron chi connectivity index (χ4n) is 0.827. The average molecular weight is 255 g/mol. The number of thiazole rings is 1. The fourth-order valence-corrected chi connectivity index (χ4v) is 1.86. The van der Waals surface area contributed by atoms with Gasteiger partial charge in [-0.05, 0) is 34.1 Å². The number of hydrogen-bond acceptors (Lipinski definition) is 3. The fraction of sp³-hybridized carbons (Fsp3) is 0. The van der Waals surface area contributed by atoms with Crippen molar-refractivity contribution in [3.8, 4) is 10.9 Å². The maximum atomic E-state index is 5.46. The number of rotatable bonds is 2. The zero-order valence-electron chi connectivity index (χ0n) is 6.53. The first-order valence-electron chi connectivity index (χ1n) is 3.60. The largest absolute Gasteiger partial charge is 0.431 e. The first-order chi connectivity index (χ1) is 6.34. The van der Waals surface area contributed by atoms with E-state index in [9.17, 15) is 0 Å². The smallest absolute Gasteiger partial charge is 0.279 e. The van der Waals surface area contributed by atoms with Crippen molar-refractivity contribution >= 4 is 27.3 Å². The van der Waals surface area contributed by atoms with Crippen LogP contribution in [0.2, 0.25) is 0 Å². The highest BCUT2D eigenvalue weighted by atomic mass is 79.9. The standard InChI is InChI=1S/C9H5BrNOS/c10-8-6-11-9(13-8)12-7-4-2-1-3-5-7/h2-6H. The molecule has 65 valence electrons. The van der Waals surface area contributed by atoms with Gasteiger partial charge < -0.3 is 4.74 Å². The van der Waals surface area contributed by atoms with Gasteiger partial charge in [0.1, 0.15) is 5.75 Å². The normalized spacial score (nSPS) is 9.92. The zero-order valence-corrected chi connectivity index (χ0v) is 8.93. The quantitative estimate of drug-likeness (QED) is 0.819. The Morgan fingerprint density at radius 3 is 2.77 bits per heavy atom. The third-order valence-corrected chi connectivity index (χ3v) is 2.70. The minimum absolute atomic E-state index is 0.637. The molecule has 0 amide bonds. The molecule has 0 aliphatic carbocycles. The second-order valence-corrected chi connectivity index (χ2v) is 4.64. The van der Waals surface area contributed by atoms with Crippen LogP contribution in [0.15, 0.2) is 34.2 Å². The van der Waals surface area contributed by atoms with Crippen molar-refractivity contribution < 1.29 is 4.74 Å². The van der Waals surface area contributed by atoms with Crippen LogP contribution in [-0.2, 0) is 0 Å². The van der Waals surface area contributed by atoms with E-state index in [1.165, 1.54) is 11.3 Å². The molecule has 0 fully saturated rings. The zero-order chi connectivity index (χ0) is 9.10. The van der Waals surface area contributed by atoms with Gasteiger partial charge >= 0.3 is 0 Å². The van der Waals surface area contributed by atoms with Crippen molar-refractivity contribution in [3.05, 3.63) is 40.3 Å². The highest BCUT2D eigenvalue weighted by molar-refractivity contribution is 9.11. The van der Waals surface area contributed by atoms with Crippen molar-refractivity contribution in [2.75, 3.05) is 0 Å². The third kappa shape index (κ3) is 2.29. The summed E-state index contributed by atoms with van der Waals surface area (Å²) in [6, 6.07) is 10.2. The Kier molecular flexibility index (Phi) is 2.61. The summed E-state index contributed by atoms with van der Waals surface area (Å²) in [5.74, 6) is 0.778. The van der Waals surface area contributed by atoms with Gasteiger partial charge in [0.15, 0.2) is 0 Å². The van der Waals surface area contributed by atoms with Crippen LogP contribution in [-0.4, -0.2) is 4.98 Å². The van der Waals surface area contributed by atoms with E-state index < -0.39 is 0 Å². The van der Waals surface area contributed by atoms with E-state index in [2.05, 4.69) is 27.0 Å². The van der Waals surface area contributed by atoms with E-state index in [-0.39, 0.29) is 0 Å². The van der Waals surface area contributed by atoms with Crippen LogP contribution in [0.5, 0.6) is 10.9 Å². The molecule has 1 radical (unpaired) electrons. The predicted molar refractivity (Wildman–Crippen MR) is 55.2 cm³/mol. The number of benzene rings is 1. The summed E-state index contributed by atoms with van der Waals surface area (Å²) in [7, 11) is 0. The summed E-state index contributed by atoms with van der Waals surface area (Å²) in [6.07, 6.45) is 1.72. The van der Waals surface area contributed by atoms with Gasteiger partial charge in [-0.2, -0.15) is 0 Å². The van der Waals surface area contributed by atoms with Crippen molar-refractivity contribution in [1.82, 2.24) is 4.98 Å². The van der Waals surface area contributed by atoms with Gasteiger partial charge in [-0.25, -0.2) is 4.98 Å². The lowest BCUT2D eigenvalue weighted by atomic mass is 10.3. The van der Waals surface area contributed by atoms with Gasteiger partial charge in [-0.1, -0.05) is 23.5 Å². The predicted octanol–water partition coefficient (Wildman–Crippen LogP) is 3.50. The number of aromatic nitrogens is 1. The van der Waals surface area contributed by atoms with Crippen LogP contribution < -0.4 is 4.74 Å². The topological polar surface area (TPSA) is 22.1 Å². The minimum atomic E-state index is 0.637. The Balaban J connectivity index is 2.15. The van der Waals surface area contributed by atoms with E-state index in [4.69, 9.17) is 4.74 Å². The molecule has 1 heterocycles. The lowest BCUT2D eigenvalue weighted by Gasteiger charge is -1.98. The van der Waals surface area contributed by atoms with Crippen LogP contribution in [0.3, 0.4) is 0 Å². The Morgan fingerprint density at radius 1 is 1.38 bits per heavy atom. The summed E-state index contributed by atoms with van der Waals surface area (Å²) in [5, 5.41) is 0.637. The van der Waals surface area contributed by atoms with Crippen LogP contribution in [0.1, 0.15) is 0 Å². The van der Waals surface area contributed by atoms with E-state index in [1.807, 2.05) is 12.1 Å². The van der Waals surface area contributed by atoms with Gasteiger partial charge in [0.05, 0.1) is 9.98 Å². The second kappa shape index (κ2) is 3.89. The summed E-state index contributed by atoms with van der Waals surface area (Å²) >= 11 is 4.77. The molecule has 2 aromatic rings. The number of hydrogen-bond donors (Lipinski definition) is 0. The summed E-state index contributed by atoms with van der Waals surface area (Å²) in [6.45, 7) is 0. The first-order valence-corrected chi connectivity index (χ1v) is 5.21.